The average Bonchev–Trinajstić information content (AvgIpc) is 2.39. The Bertz CT molecular complexity index is 462. The van der Waals surface area contributed by atoms with Gasteiger partial charge in [0.2, 0.25) is 0 Å². The molecule has 19 heavy (non-hydrogen) atoms. The van der Waals surface area contributed by atoms with Crippen LogP contribution in [0.1, 0.15) is 17.3 Å². The quantitative estimate of drug-likeness (QED) is 0.589. The minimum absolute atomic E-state index is 0.0301. The highest BCUT2D eigenvalue weighted by Crippen LogP contribution is 2.14. The van der Waals surface area contributed by atoms with Crippen LogP contribution in [-0.2, 0) is 4.79 Å². The zero-order chi connectivity index (χ0) is 13.8. The molecule has 0 atom stereocenters. The smallest absolute Gasteiger partial charge is 0.308 e. The Kier molecular flexibility index (Phi) is 4.16. The Hall–Kier alpha value is -1.88. The Balaban J connectivity index is 2.01. The number of rotatable bonds is 2. The summed E-state index contributed by atoms with van der Waals surface area (Å²) in [4.78, 5) is 27.1. The van der Waals surface area contributed by atoms with Gasteiger partial charge in [-0.15, -0.1) is 0 Å². The van der Waals surface area contributed by atoms with E-state index in [0.29, 0.717) is 11.3 Å². The van der Waals surface area contributed by atoms with Crippen LogP contribution in [0.2, 0.25) is 0 Å². The average molecular weight is 262 g/mol. The normalized spacial score (nSPS) is 16.2. The van der Waals surface area contributed by atoms with E-state index in [1.165, 1.54) is 6.92 Å². The lowest BCUT2D eigenvalue weighted by Crippen LogP contribution is -2.47. The molecule has 1 saturated heterocycles. The van der Waals surface area contributed by atoms with Crippen LogP contribution >= 0.6 is 0 Å². The molecule has 2 rings (SSSR count). The van der Waals surface area contributed by atoms with E-state index in [2.05, 4.69) is 11.9 Å². The standard InChI is InChI=1S/C14H18N2O3/c1-11(17)19-13-5-3-12(4-6-13)14(18)16-9-7-15(2)8-10-16/h3-6H,7-10H2,1-2H3. The molecule has 1 amide bonds. The zero-order valence-corrected chi connectivity index (χ0v) is 11.3. The number of ether oxygens (including phenoxy) is 1. The summed E-state index contributed by atoms with van der Waals surface area (Å²) in [6, 6.07) is 6.67. The van der Waals surface area contributed by atoms with Crippen molar-refractivity contribution in [1.29, 1.82) is 0 Å². The van der Waals surface area contributed by atoms with E-state index in [9.17, 15) is 9.59 Å². The van der Waals surface area contributed by atoms with Gasteiger partial charge in [0, 0.05) is 38.7 Å². The van der Waals surface area contributed by atoms with Crippen molar-refractivity contribution in [2.75, 3.05) is 33.2 Å². The molecule has 0 aliphatic carbocycles. The Labute approximate surface area is 112 Å². The third kappa shape index (κ3) is 3.54. The highest BCUT2D eigenvalue weighted by atomic mass is 16.5. The maximum Gasteiger partial charge on any atom is 0.308 e. The van der Waals surface area contributed by atoms with E-state index < -0.39 is 0 Å². The van der Waals surface area contributed by atoms with Crippen molar-refractivity contribution < 1.29 is 14.3 Å². The molecule has 0 radical (unpaired) electrons. The molecule has 102 valence electrons. The molecule has 5 nitrogen and oxygen atoms in total. The third-order valence-electron chi connectivity index (χ3n) is 3.15. The number of carbonyl (C=O) groups is 2. The number of hydrogen-bond acceptors (Lipinski definition) is 4. The predicted molar refractivity (Wildman–Crippen MR) is 71.2 cm³/mol. The molecule has 0 spiro atoms. The first-order valence-electron chi connectivity index (χ1n) is 6.32. The van der Waals surface area contributed by atoms with Crippen LogP contribution in [-0.4, -0.2) is 54.9 Å². The number of benzene rings is 1. The number of esters is 1. The number of likely N-dealkylation sites (N-methyl/N-ethyl adjacent to an activating group) is 1. The van der Waals surface area contributed by atoms with Crippen molar-refractivity contribution in [3.8, 4) is 5.75 Å². The summed E-state index contributed by atoms with van der Waals surface area (Å²) in [6.45, 7) is 4.65. The molecule has 1 aliphatic rings. The van der Waals surface area contributed by atoms with Crippen LogP contribution in [0.5, 0.6) is 5.75 Å². The van der Waals surface area contributed by atoms with Gasteiger partial charge in [0.1, 0.15) is 5.75 Å². The maximum atomic E-state index is 12.2. The number of amides is 1. The molecule has 5 heteroatoms. The minimum atomic E-state index is -0.363. The summed E-state index contributed by atoms with van der Waals surface area (Å²) in [5, 5.41) is 0. The Morgan fingerprint density at radius 3 is 2.16 bits per heavy atom. The number of nitrogens with zero attached hydrogens (tertiary/aromatic N) is 2. The van der Waals surface area contributed by atoms with Gasteiger partial charge in [0.05, 0.1) is 0 Å². The molecule has 0 aromatic heterocycles. The van der Waals surface area contributed by atoms with Gasteiger partial charge in [-0.2, -0.15) is 0 Å². The molecule has 0 saturated carbocycles. The van der Waals surface area contributed by atoms with Gasteiger partial charge in [-0.1, -0.05) is 0 Å². The lowest BCUT2D eigenvalue weighted by Gasteiger charge is -2.32. The van der Waals surface area contributed by atoms with Gasteiger partial charge in [-0.3, -0.25) is 9.59 Å². The van der Waals surface area contributed by atoms with E-state index >= 15 is 0 Å². The molecular formula is C14H18N2O3. The highest BCUT2D eigenvalue weighted by molar-refractivity contribution is 5.94. The fraction of sp³-hybridized carbons (Fsp3) is 0.429. The van der Waals surface area contributed by atoms with Crippen molar-refractivity contribution >= 4 is 11.9 Å². The van der Waals surface area contributed by atoms with Crippen LogP contribution in [0, 0.1) is 0 Å². The van der Waals surface area contributed by atoms with Crippen LogP contribution in [0.25, 0.3) is 0 Å². The van der Waals surface area contributed by atoms with E-state index in [4.69, 9.17) is 4.74 Å². The molecule has 1 fully saturated rings. The SMILES string of the molecule is CC(=O)Oc1ccc(C(=O)N2CCN(C)CC2)cc1. The number of hydrogen-bond donors (Lipinski definition) is 0. The zero-order valence-electron chi connectivity index (χ0n) is 11.3. The summed E-state index contributed by atoms with van der Waals surface area (Å²) in [5.41, 5.74) is 0.625. The van der Waals surface area contributed by atoms with Crippen LogP contribution in [0.3, 0.4) is 0 Å². The van der Waals surface area contributed by atoms with Gasteiger partial charge < -0.3 is 14.5 Å². The van der Waals surface area contributed by atoms with Crippen LogP contribution < -0.4 is 4.74 Å². The van der Waals surface area contributed by atoms with Crippen LogP contribution in [0.4, 0.5) is 0 Å². The molecule has 1 aromatic carbocycles. The van der Waals surface area contributed by atoms with Gasteiger partial charge >= 0.3 is 5.97 Å². The summed E-state index contributed by atoms with van der Waals surface area (Å²) >= 11 is 0. The van der Waals surface area contributed by atoms with Crippen molar-refractivity contribution in [3.63, 3.8) is 0 Å². The van der Waals surface area contributed by atoms with Gasteiger partial charge in [0.15, 0.2) is 0 Å². The second-order valence-electron chi connectivity index (χ2n) is 4.71. The Morgan fingerprint density at radius 1 is 1.05 bits per heavy atom. The summed E-state index contributed by atoms with van der Waals surface area (Å²) in [6.07, 6.45) is 0. The van der Waals surface area contributed by atoms with Crippen molar-refractivity contribution in [2.45, 2.75) is 6.92 Å². The van der Waals surface area contributed by atoms with E-state index in [0.717, 1.165) is 26.2 Å². The summed E-state index contributed by atoms with van der Waals surface area (Å²) in [7, 11) is 2.05. The second-order valence-corrected chi connectivity index (χ2v) is 4.71. The first kappa shape index (κ1) is 13.5. The van der Waals surface area contributed by atoms with Crippen molar-refractivity contribution in [1.82, 2.24) is 9.80 Å². The predicted octanol–water partition coefficient (Wildman–Crippen LogP) is 0.999. The van der Waals surface area contributed by atoms with Crippen LogP contribution in [0.15, 0.2) is 24.3 Å². The largest absolute Gasteiger partial charge is 0.427 e. The van der Waals surface area contributed by atoms with Gasteiger partial charge in [0.25, 0.3) is 5.91 Å². The van der Waals surface area contributed by atoms with Gasteiger partial charge in [-0.25, -0.2) is 0 Å². The Morgan fingerprint density at radius 2 is 1.63 bits per heavy atom. The molecule has 1 aromatic rings. The van der Waals surface area contributed by atoms with E-state index in [-0.39, 0.29) is 11.9 Å². The van der Waals surface area contributed by atoms with Crippen molar-refractivity contribution in [3.05, 3.63) is 29.8 Å². The highest BCUT2D eigenvalue weighted by Gasteiger charge is 2.20. The molecule has 1 heterocycles. The van der Waals surface area contributed by atoms with E-state index in [1.54, 1.807) is 24.3 Å². The summed E-state index contributed by atoms with van der Waals surface area (Å²) < 4.78 is 4.94. The molecule has 0 unspecified atom stereocenters. The number of piperazine rings is 1. The van der Waals surface area contributed by atoms with E-state index in [1.807, 2.05) is 4.90 Å². The van der Waals surface area contributed by atoms with Crippen molar-refractivity contribution in [2.24, 2.45) is 0 Å². The fourth-order valence-electron chi connectivity index (χ4n) is 2.02. The maximum absolute atomic E-state index is 12.2. The fourth-order valence-corrected chi connectivity index (χ4v) is 2.02. The monoisotopic (exact) mass is 262 g/mol. The van der Waals surface area contributed by atoms with Gasteiger partial charge in [-0.05, 0) is 31.3 Å². The summed E-state index contributed by atoms with van der Waals surface area (Å²) in [5.74, 6) is 0.128. The lowest BCUT2D eigenvalue weighted by atomic mass is 10.1. The number of carbonyl (C=O) groups excluding carboxylic acids is 2. The molecular weight excluding hydrogens is 244 g/mol. The molecule has 0 bridgehead atoms. The minimum Gasteiger partial charge on any atom is -0.427 e. The molecule has 1 aliphatic heterocycles. The second kappa shape index (κ2) is 5.84. The first-order valence-corrected chi connectivity index (χ1v) is 6.32. The first-order chi connectivity index (χ1) is 9.06. The topological polar surface area (TPSA) is 49.9 Å². The lowest BCUT2D eigenvalue weighted by molar-refractivity contribution is -0.131. The molecule has 0 N–H and O–H groups in total. The third-order valence-corrected chi connectivity index (χ3v) is 3.15.